The molecule has 2 atom stereocenters. The van der Waals surface area contributed by atoms with Gasteiger partial charge in [0.1, 0.15) is 11.4 Å². The Kier molecular flexibility index (Phi) is 5.57. The summed E-state index contributed by atoms with van der Waals surface area (Å²) in [4.78, 5) is 10.8. The quantitative estimate of drug-likeness (QED) is 0.522. The van der Waals surface area contributed by atoms with E-state index < -0.39 is 11.0 Å². The van der Waals surface area contributed by atoms with E-state index in [0.29, 0.717) is 24.3 Å². The molecule has 0 aliphatic carbocycles. The summed E-state index contributed by atoms with van der Waals surface area (Å²) in [5.41, 5.74) is 1.01. The number of benzene rings is 1. The van der Waals surface area contributed by atoms with Crippen molar-refractivity contribution in [1.29, 1.82) is 0 Å². The van der Waals surface area contributed by atoms with Crippen LogP contribution in [0, 0.1) is 10.1 Å². The van der Waals surface area contributed by atoms with Crippen molar-refractivity contribution in [2.24, 2.45) is 0 Å². The van der Waals surface area contributed by atoms with Crippen molar-refractivity contribution in [2.45, 2.75) is 39.3 Å². The van der Waals surface area contributed by atoms with E-state index in [2.05, 4.69) is 10.6 Å². The van der Waals surface area contributed by atoms with E-state index in [-0.39, 0.29) is 11.7 Å². The van der Waals surface area contributed by atoms with Gasteiger partial charge in [-0.1, -0.05) is 6.07 Å². The van der Waals surface area contributed by atoms with Crippen LogP contribution in [0.5, 0.6) is 0 Å². The molecule has 1 aromatic rings. The zero-order chi connectivity index (χ0) is 14.4. The molecular formula is C13H21N3O3. The number of hydrogen-bond acceptors (Lipinski definition) is 5. The molecule has 3 N–H and O–H groups in total. The highest BCUT2D eigenvalue weighted by atomic mass is 16.6. The van der Waals surface area contributed by atoms with Crippen molar-refractivity contribution in [3.05, 3.63) is 28.3 Å². The van der Waals surface area contributed by atoms with Gasteiger partial charge >= 0.3 is 5.69 Å². The first kappa shape index (κ1) is 15.2. The zero-order valence-electron chi connectivity index (χ0n) is 11.5. The van der Waals surface area contributed by atoms with Crippen LogP contribution in [0.4, 0.5) is 17.1 Å². The number of nitro groups is 1. The number of anilines is 2. The third-order valence-corrected chi connectivity index (χ3v) is 2.68. The molecule has 106 valence electrons. The lowest BCUT2D eigenvalue weighted by Gasteiger charge is -2.17. The first-order valence-corrected chi connectivity index (χ1v) is 6.41. The molecule has 0 amide bonds. The van der Waals surface area contributed by atoms with Crippen molar-refractivity contribution in [3.8, 4) is 0 Å². The number of aliphatic hydroxyl groups excluding tert-OH is 1. The molecule has 6 nitrogen and oxygen atoms in total. The van der Waals surface area contributed by atoms with E-state index in [1.807, 2.05) is 13.8 Å². The smallest absolute Gasteiger partial charge is 0.315 e. The Hall–Kier alpha value is -1.82. The predicted octanol–water partition coefficient (Wildman–Crippen LogP) is 2.60. The lowest BCUT2D eigenvalue weighted by Crippen LogP contribution is -2.21. The van der Waals surface area contributed by atoms with Gasteiger partial charge in [-0.2, -0.15) is 0 Å². The van der Waals surface area contributed by atoms with Crippen LogP contribution in [0.3, 0.4) is 0 Å². The van der Waals surface area contributed by atoms with Crippen LogP contribution in [-0.2, 0) is 0 Å². The van der Waals surface area contributed by atoms with Gasteiger partial charge in [0, 0.05) is 12.6 Å². The lowest BCUT2D eigenvalue weighted by atomic mass is 10.1. The fourth-order valence-corrected chi connectivity index (χ4v) is 2.03. The average Bonchev–Trinajstić information content (AvgIpc) is 2.27. The zero-order valence-corrected chi connectivity index (χ0v) is 11.5. The molecule has 0 aromatic heterocycles. The molecule has 0 heterocycles. The topological polar surface area (TPSA) is 87.4 Å². The molecule has 19 heavy (non-hydrogen) atoms. The number of para-hydroxylation sites is 1. The van der Waals surface area contributed by atoms with Crippen molar-refractivity contribution < 1.29 is 10.0 Å². The Morgan fingerprint density at radius 1 is 1.37 bits per heavy atom. The van der Waals surface area contributed by atoms with Gasteiger partial charge < -0.3 is 15.7 Å². The molecule has 0 saturated heterocycles. The van der Waals surface area contributed by atoms with Crippen LogP contribution >= 0.6 is 0 Å². The van der Waals surface area contributed by atoms with Crippen molar-refractivity contribution in [3.63, 3.8) is 0 Å². The van der Waals surface area contributed by atoms with E-state index in [1.165, 1.54) is 0 Å². The first-order chi connectivity index (χ1) is 8.95. The monoisotopic (exact) mass is 267 g/mol. The van der Waals surface area contributed by atoms with Gasteiger partial charge in [0.15, 0.2) is 0 Å². The summed E-state index contributed by atoms with van der Waals surface area (Å²) in [6.45, 7) is 6.09. The molecule has 0 radical (unpaired) electrons. The third kappa shape index (κ3) is 4.40. The second-order valence-electron chi connectivity index (χ2n) is 4.62. The van der Waals surface area contributed by atoms with Crippen molar-refractivity contribution in [2.75, 3.05) is 17.2 Å². The average molecular weight is 267 g/mol. The minimum absolute atomic E-state index is 0.0433. The first-order valence-electron chi connectivity index (χ1n) is 6.41. The fourth-order valence-electron chi connectivity index (χ4n) is 2.03. The molecule has 1 aromatic carbocycles. The number of hydrogen-bond donors (Lipinski definition) is 3. The minimum atomic E-state index is -0.446. The minimum Gasteiger partial charge on any atom is -0.393 e. The highest BCUT2D eigenvalue weighted by Gasteiger charge is 2.20. The lowest BCUT2D eigenvalue weighted by molar-refractivity contribution is -0.383. The van der Waals surface area contributed by atoms with Gasteiger partial charge in [-0.25, -0.2) is 0 Å². The Morgan fingerprint density at radius 2 is 2.00 bits per heavy atom. The number of nitrogens with zero attached hydrogens (tertiary/aromatic N) is 1. The number of nitro benzene ring substituents is 1. The van der Waals surface area contributed by atoms with E-state index in [4.69, 9.17) is 0 Å². The fraction of sp³-hybridized carbons (Fsp3) is 0.538. The maximum atomic E-state index is 11.2. The van der Waals surface area contributed by atoms with Crippen LogP contribution < -0.4 is 10.6 Å². The van der Waals surface area contributed by atoms with E-state index in [1.54, 1.807) is 25.1 Å². The summed E-state index contributed by atoms with van der Waals surface area (Å²) in [7, 11) is 0. The normalized spacial score (nSPS) is 13.7. The molecule has 2 unspecified atom stereocenters. The van der Waals surface area contributed by atoms with Crippen LogP contribution in [0.2, 0.25) is 0 Å². The number of nitrogens with one attached hydrogen (secondary N) is 2. The Morgan fingerprint density at radius 3 is 2.53 bits per heavy atom. The molecule has 6 heteroatoms. The number of aliphatic hydroxyl groups is 1. The van der Waals surface area contributed by atoms with E-state index >= 15 is 0 Å². The molecule has 0 bridgehead atoms. The van der Waals surface area contributed by atoms with E-state index in [0.717, 1.165) is 0 Å². The maximum Gasteiger partial charge on any atom is 0.315 e. The third-order valence-electron chi connectivity index (χ3n) is 2.68. The molecule has 1 rings (SSSR count). The summed E-state index contributed by atoms with van der Waals surface area (Å²) in [6.07, 6.45) is 0.0845. The Labute approximate surface area is 113 Å². The molecular weight excluding hydrogens is 246 g/mol. The van der Waals surface area contributed by atoms with E-state index in [9.17, 15) is 15.2 Å². The Bertz CT molecular complexity index is 435. The van der Waals surface area contributed by atoms with Gasteiger partial charge in [-0.05, 0) is 39.3 Å². The second-order valence-corrected chi connectivity index (χ2v) is 4.62. The maximum absolute atomic E-state index is 11.2. The summed E-state index contributed by atoms with van der Waals surface area (Å²) in [5, 5.41) is 26.6. The molecule has 0 aliphatic heterocycles. The standard InChI is InChI=1S/C13H21N3O3/c1-4-14-11-6-5-7-12(13(11)16(18)19)15-9(2)8-10(3)17/h5-7,9-10,14-15,17H,4,8H2,1-3H3. The highest BCUT2D eigenvalue weighted by Crippen LogP contribution is 2.33. The largest absolute Gasteiger partial charge is 0.393 e. The van der Waals surface area contributed by atoms with Gasteiger partial charge in [0.2, 0.25) is 0 Å². The summed E-state index contributed by atoms with van der Waals surface area (Å²) >= 11 is 0. The van der Waals surface area contributed by atoms with Gasteiger partial charge in [0.05, 0.1) is 11.0 Å². The van der Waals surface area contributed by atoms with Gasteiger partial charge in [-0.15, -0.1) is 0 Å². The van der Waals surface area contributed by atoms with Crippen LogP contribution in [0.1, 0.15) is 27.2 Å². The molecule has 0 fully saturated rings. The predicted molar refractivity (Wildman–Crippen MR) is 76.6 cm³/mol. The number of rotatable bonds is 7. The molecule has 0 saturated carbocycles. The van der Waals surface area contributed by atoms with Crippen LogP contribution in [-0.4, -0.2) is 28.7 Å². The highest BCUT2D eigenvalue weighted by molar-refractivity contribution is 5.76. The van der Waals surface area contributed by atoms with Crippen molar-refractivity contribution in [1.82, 2.24) is 0 Å². The summed E-state index contributed by atoms with van der Waals surface area (Å²) in [5.74, 6) is 0. The van der Waals surface area contributed by atoms with Crippen molar-refractivity contribution >= 4 is 17.1 Å². The van der Waals surface area contributed by atoms with Gasteiger partial charge in [0.25, 0.3) is 0 Å². The van der Waals surface area contributed by atoms with Crippen LogP contribution in [0.15, 0.2) is 18.2 Å². The SMILES string of the molecule is CCNc1cccc(NC(C)CC(C)O)c1[N+](=O)[O-]. The second kappa shape index (κ2) is 6.94. The summed E-state index contributed by atoms with van der Waals surface area (Å²) in [6, 6.07) is 5.09. The molecule has 0 aliphatic rings. The molecule has 0 spiro atoms. The van der Waals surface area contributed by atoms with Crippen LogP contribution in [0.25, 0.3) is 0 Å². The van der Waals surface area contributed by atoms with Gasteiger partial charge in [-0.3, -0.25) is 10.1 Å². The summed E-state index contributed by atoms with van der Waals surface area (Å²) < 4.78 is 0. The Balaban J connectivity index is 2.99.